The summed E-state index contributed by atoms with van der Waals surface area (Å²) in [5, 5.41) is 2.75. The highest BCUT2D eigenvalue weighted by Gasteiger charge is 2.27. The molecule has 1 aliphatic rings. The zero-order chi connectivity index (χ0) is 21.6. The molecule has 6 heteroatoms. The molecule has 3 aromatic rings. The Morgan fingerprint density at radius 1 is 0.968 bits per heavy atom. The lowest BCUT2D eigenvalue weighted by Crippen LogP contribution is -2.39. The molecule has 1 aliphatic heterocycles. The van der Waals surface area contributed by atoms with E-state index in [0.29, 0.717) is 24.6 Å². The summed E-state index contributed by atoms with van der Waals surface area (Å²) in [4.78, 5) is 36.0. The van der Waals surface area contributed by atoms with Crippen LogP contribution in [0.5, 0.6) is 0 Å². The van der Waals surface area contributed by atoms with Crippen LogP contribution in [-0.2, 0) is 6.42 Å². The monoisotopic (exact) mass is 414 g/mol. The average molecular weight is 415 g/mol. The minimum absolute atomic E-state index is 0.185. The molecule has 31 heavy (non-hydrogen) atoms. The first-order valence-corrected chi connectivity index (χ1v) is 10.6. The van der Waals surface area contributed by atoms with Crippen molar-refractivity contribution in [1.82, 2.24) is 14.9 Å². The van der Waals surface area contributed by atoms with Crippen LogP contribution in [0.25, 0.3) is 0 Å². The van der Waals surface area contributed by atoms with Crippen molar-refractivity contribution in [2.75, 3.05) is 18.4 Å². The fourth-order valence-corrected chi connectivity index (χ4v) is 3.91. The molecule has 0 spiro atoms. The molecule has 158 valence electrons. The number of rotatable bonds is 5. The van der Waals surface area contributed by atoms with Gasteiger partial charge >= 0.3 is 0 Å². The van der Waals surface area contributed by atoms with Crippen LogP contribution in [0.2, 0.25) is 0 Å². The molecule has 1 saturated heterocycles. The summed E-state index contributed by atoms with van der Waals surface area (Å²) in [5.41, 5.74) is 3.10. The van der Waals surface area contributed by atoms with Crippen molar-refractivity contribution >= 4 is 17.6 Å². The van der Waals surface area contributed by atoms with Gasteiger partial charge in [-0.15, -0.1) is 0 Å². The van der Waals surface area contributed by atoms with Crippen LogP contribution in [-0.4, -0.2) is 39.8 Å². The Bertz CT molecular complexity index is 1040. The van der Waals surface area contributed by atoms with E-state index >= 15 is 0 Å². The lowest BCUT2D eigenvalue weighted by Gasteiger charge is -2.32. The second-order valence-electron chi connectivity index (χ2n) is 8.00. The zero-order valence-electron chi connectivity index (χ0n) is 17.6. The number of likely N-dealkylation sites (tertiary alicyclic amines) is 1. The number of carbonyl (C=O) groups excluding carboxylic acids is 2. The molecule has 0 bridgehead atoms. The first kappa shape index (κ1) is 20.7. The van der Waals surface area contributed by atoms with Gasteiger partial charge in [-0.2, -0.15) is 0 Å². The van der Waals surface area contributed by atoms with Gasteiger partial charge < -0.3 is 10.2 Å². The van der Waals surface area contributed by atoms with Gasteiger partial charge in [-0.3, -0.25) is 9.59 Å². The standard InChI is InChI=1S/C25H26N4O2/c1-18-7-9-21(10-8-18)24(30)28-23-22(26-13-14-27-23)25(31)29-15-11-20(12-16-29)17-19-5-3-2-4-6-19/h2-10,13-14,20H,11-12,15-17H2,1H3,(H,27,28,30). The third kappa shape index (κ3) is 5.15. The van der Waals surface area contributed by atoms with Crippen LogP contribution in [0.4, 0.5) is 5.82 Å². The lowest BCUT2D eigenvalue weighted by atomic mass is 9.90. The average Bonchev–Trinajstić information content (AvgIpc) is 2.80. The molecule has 0 aliphatic carbocycles. The number of aryl methyl sites for hydroxylation is 1. The summed E-state index contributed by atoms with van der Waals surface area (Å²) in [6, 6.07) is 17.7. The molecule has 2 amide bonds. The molecule has 2 heterocycles. The third-order valence-electron chi connectivity index (χ3n) is 5.72. The Kier molecular flexibility index (Phi) is 6.36. The van der Waals surface area contributed by atoms with Gasteiger partial charge in [0.25, 0.3) is 11.8 Å². The van der Waals surface area contributed by atoms with Gasteiger partial charge in [-0.25, -0.2) is 9.97 Å². The lowest BCUT2D eigenvalue weighted by molar-refractivity contribution is 0.0685. The number of anilines is 1. The predicted octanol–water partition coefficient (Wildman–Crippen LogP) is 4.13. The van der Waals surface area contributed by atoms with Gasteiger partial charge in [-0.05, 0) is 49.8 Å². The van der Waals surface area contributed by atoms with Crippen molar-refractivity contribution in [3.05, 3.63) is 89.4 Å². The smallest absolute Gasteiger partial charge is 0.276 e. The molecule has 6 nitrogen and oxygen atoms in total. The Balaban J connectivity index is 1.40. The van der Waals surface area contributed by atoms with Gasteiger partial charge in [0.05, 0.1) is 0 Å². The SMILES string of the molecule is Cc1ccc(C(=O)Nc2nccnc2C(=O)N2CCC(Cc3ccccc3)CC2)cc1. The van der Waals surface area contributed by atoms with Crippen LogP contribution >= 0.6 is 0 Å². The van der Waals surface area contributed by atoms with Crippen LogP contribution in [0.1, 0.15) is 44.8 Å². The van der Waals surface area contributed by atoms with Crippen LogP contribution in [0.3, 0.4) is 0 Å². The molecular formula is C25H26N4O2. The van der Waals surface area contributed by atoms with Crippen LogP contribution in [0, 0.1) is 12.8 Å². The van der Waals surface area contributed by atoms with Crippen molar-refractivity contribution in [3.8, 4) is 0 Å². The number of nitrogens with one attached hydrogen (secondary N) is 1. The van der Waals surface area contributed by atoms with E-state index in [2.05, 4.69) is 39.6 Å². The van der Waals surface area contributed by atoms with E-state index in [1.54, 1.807) is 12.1 Å². The first-order valence-electron chi connectivity index (χ1n) is 10.6. The maximum atomic E-state index is 13.1. The number of hydrogen-bond acceptors (Lipinski definition) is 4. The maximum Gasteiger partial charge on any atom is 0.276 e. The second-order valence-corrected chi connectivity index (χ2v) is 8.00. The summed E-state index contributed by atoms with van der Waals surface area (Å²) >= 11 is 0. The van der Waals surface area contributed by atoms with E-state index in [4.69, 9.17) is 0 Å². The van der Waals surface area contributed by atoms with Crippen molar-refractivity contribution in [1.29, 1.82) is 0 Å². The molecule has 0 unspecified atom stereocenters. The van der Waals surface area contributed by atoms with Gasteiger partial charge in [0.1, 0.15) is 0 Å². The van der Waals surface area contributed by atoms with Crippen LogP contribution in [0.15, 0.2) is 67.0 Å². The summed E-state index contributed by atoms with van der Waals surface area (Å²) in [7, 11) is 0. The molecule has 2 aromatic carbocycles. The highest BCUT2D eigenvalue weighted by molar-refractivity contribution is 6.07. The largest absolute Gasteiger partial charge is 0.337 e. The second kappa shape index (κ2) is 9.51. The summed E-state index contributed by atoms with van der Waals surface area (Å²) in [6.45, 7) is 3.32. The van der Waals surface area contributed by atoms with E-state index in [1.165, 1.54) is 18.0 Å². The molecule has 1 aromatic heterocycles. The number of aromatic nitrogens is 2. The summed E-state index contributed by atoms with van der Waals surface area (Å²) in [6.07, 6.45) is 5.90. The van der Waals surface area contributed by atoms with E-state index in [1.807, 2.05) is 30.0 Å². The molecule has 0 radical (unpaired) electrons. The maximum absolute atomic E-state index is 13.1. The molecule has 1 fully saturated rings. The molecule has 0 saturated carbocycles. The van der Waals surface area contributed by atoms with E-state index in [0.717, 1.165) is 24.8 Å². The van der Waals surface area contributed by atoms with E-state index in [-0.39, 0.29) is 23.3 Å². The van der Waals surface area contributed by atoms with E-state index in [9.17, 15) is 9.59 Å². The zero-order valence-corrected chi connectivity index (χ0v) is 17.6. The number of amides is 2. The predicted molar refractivity (Wildman–Crippen MR) is 120 cm³/mol. The number of carbonyl (C=O) groups is 2. The van der Waals surface area contributed by atoms with Crippen molar-refractivity contribution in [2.24, 2.45) is 5.92 Å². The molecule has 1 N–H and O–H groups in total. The number of piperidine rings is 1. The molecule has 0 atom stereocenters. The fraction of sp³-hybridized carbons (Fsp3) is 0.280. The Morgan fingerprint density at radius 2 is 1.65 bits per heavy atom. The minimum Gasteiger partial charge on any atom is -0.337 e. The molecule has 4 rings (SSSR count). The van der Waals surface area contributed by atoms with Crippen molar-refractivity contribution in [3.63, 3.8) is 0 Å². The topological polar surface area (TPSA) is 75.2 Å². The highest BCUT2D eigenvalue weighted by atomic mass is 16.2. The Hall–Kier alpha value is -3.54. The van der Waals surface area contributed by atoms with Crippen LogP contribution < -0.4 is 5.32 Å². The third-order valence-corrected chi connectivity index (χ3v) is 5.72. The van der Waals surface area contributed by atoms with Gasteiger partial charge in [0.2, 0.25) is 0 Å². The van der Waals surface area contributed by atoms with Crippen molar-refractivity contribution < 1.29 is 9.59 Å². The van der Waals surface area contributed by atoms with Gasteiger partial charge in [-0.1, -0.05) is 48.0 Å². The number of benzene rings is 2. The number of hydrogen-bond donors (Lipinski definition) is 1. The number of nitrogens with zero attached hydrogens (tertiary/aromatic N) is 3. The van der Waals surface area contributed by atoms with Crippen molar-refractivity contribution in [2.45, 2.75) is 26.2 Å². The highest BCUT2D eigenvalue weighted by Crippen LogP contribution is 2.23. The fourth-order valence-electron chi connectivity index (χ4n) is 3.91. The quantitative estimate of drug-likeness (QED) is 0.681. The minimum atomic E-state index is -0.309. The summed E-state index contributed by atoms with van der Waals surface area (Å²) < 4.78 is 0. The van der Waals surface area contributed by atoms with Gasteiger partial charge in [0.15, 0.2) is 11.5 Å². The normalized spacial score (nSPS) is 14.3. The Labute approximate surface area is 182 Å². The summed E-state index contributed by atoms with van der Waals surface area (Å²) in [5.74, 6) is 0.264. The Morgan fingerprint density at radius 3 is 2.35 bits per heavy atom. The van der Waals surface area contributed by atoms with Gasteiger partial charge in [0, 0.05) is 31.0 Å². The molecular weight excluding hydrogens is 388 g/mol. The first-order chi connectivity index (χ1) is 15.1. The van der Waals surface area contributed by atoms with E-state index < -0.39 is 0 Å².